The van der Waals surface area contributed by atoms with Gasteiger partial charge >= 0.3 is 0 Å². The van der Waals surface area contributed by atoms with Gasteiger partial charge in [0.05, 0.1) is 13.0 Å². The highest BCUT2D eigenvalue weighted by molar-refractivity contribution is 5.78. The SMILES string of the molecule is CN(Cc1ncn[nH]1)C(=O)Cc1ccc(N)cc1. The molecule has 0 aliphatic rings. The third kappa shape index (κ3) is 3.07. The fraction of sp³-hybridized carbons (Fsp3) is 0.250. The van der Waals surface area contributed by atoms with Gasteiger partial charge in [0, 0.05) is 12.7 Å². The zero-order valence-corrected chi connectivity index (χ0v) is 10.1. The van der Waals surface area contributed by atoms with Gasteiger partial charge in [0.2, 0.25) is 5.91 Å². The number of H-pyrrole nitrogens is 1. The molecule has 94 valence electrons. The second-order valence-electron chi connectivity index (χ2n) is 4.10. The monoisotopic (exact) mass is 245 g/mol. The maximum atomic E-state index is 12.0. The first-order valence-electron chi connectivity index (χ1n) is 5.58. The molecule has 0 radical (unpaired) electrons. The van der Waals surface area contributed by atoms with Crippen molar-refractivity contribution in [1.82, 2.24) is 20.1 Å². The van der Waals surface area contributed by atoms with Gasteiger partial charge in [0.25, 0.3) is 0 Å². The van der Waals surface area contributed by atoms with E-state index in [0.29, 0.717) is 24.5 Å². The maximum absolute atomic E-state index is 12.0. The van der Waals surface area contributed by atoms with Crippen molar-refractivity contribution < 1.29 is 4.79 Å². The molecule has 0 aliphatic heterocycles. The first kappa shape index (κ1) is 12.1. The molecule has 3 N–H and O–H groups in total. The fourth-order valence-electron chi connectivity index (χ4n) is 1.56. The van der Waals surface area contributed by atoms with Crippen LogP contribution < -0.4 is 5.73 Å². The van der Waals surface area contributed by atoms with Crippen LogP contribution in [0.15, 0.2) is 30.6 Å². The molecule has 0 saturated carbocycles. The minimum atomic E-state index is 0.0242. The van der Waals surface area contributed by atoms with Crippen LogP contribution in [-0.4, -0.2) is 33.0 Å². The number of nitrogens with zero attached hydrogens (tertiary/aromatic N) is 3. The average Bonchev–Trinajstić information content (AvgIpc) is 2.85. The summed E-state index contributed by atoms with van der Waals surface area (Å²) in [6.45, 7) is 0.424. The van der Waals surface area contributed by atoms with E-state index < -0.39 is 0 Å². The summed E-state index contributed by atoms with van der Waals surface area (Å²) in [5, 5.41) is 6.46. The topological polar surface area (TPSA) is 87.9 Å². The highest BCUT2D eigenvalue weighted by Crippen LogP contribution is 2.07. The van der Waals surface area contributed by atoms with Crippen molar-refractivity contribution in [3.63, 3.8) is 0 Å². The summed E-state index contributed by atoms with van der Waals surface area (Å²) in [5.74, 6) is 0.694. The molecule has 2 aromatic rings. The zero-order chi connectivity index (χ0) is 13.0. The Morgan fingerprint density at radius 2 is 2.11 bits per heavy atom. The summed E-state index contributed by atoms with van der Waals surface area (Å²) >= 11 is 0. The van der Waals surface area contributed by atoms with Crippen molar-refractivity contribution in [2.24, 2.45) is 0 Å². The molecule has 1 aromatic carbocycles. The number of benzene rings is 1. The molecule has 18 heavy (non-hydrogen) atoms. The summed E-state index contributed by atoms with van der Waals surface area (Å²) in [6, 6.07) is 7.29. The average molecular weight is 245 g/mol. The van der Waals surface area contributed by atoms with Crippen LogP contribution in [0.4, 0.5) is 5.69 Å². The molecule has 2 rings (SSSR count). The van der Waals surface area contributed by atoms with Crippen molar-refractivity contribution in [3.8, 4) is 0 Å². The molecular formula is C12H15N5O. The van der Waals surface area contributed by atoms with Gasteiger partial charge in [-0.1, -0.05) is 12.1 Å². The Hall–Kier alpha value is -2.37. The number of hydrogen-bond acceptors (Lipinski definition) is 4. The Kier molecular flexibility index (Phi) is 3.57. The highest BCUT2D eigenvalue weighted by atomic mass is 16.2. The first-order valence-corrected chi connectivity index (χ1v) is 5.58. The molecule has 0 saturated heterocycles. The van der Waals surface area contributed by atoms with Crippen LogP contribution in [0.25, 0.3) is 0 Å². The number of hydrogen-bond donors (Lipinski definition) is 2. The Morgan fingerprint density at radius 1 is 1.39 bits per heavy atom. The molecule has 1 amide bonds. The van der Waals surface area contributed by atoms with Crippen LogP contribution in [-0.2, 0) is 17.8 Å². The van der Waals surface area contributed by atoms with E-state index in [1.165, 1.54) is 6.33 Å². The van der Waals surface area contributed by atoms with E-state index in [1.807, 2.05) is 12.1 Å². The molecule has 6 heteroatoms. The smallest absolute Gasteiger partial charge is 0.227 e. The van der Waals surface area contributed by atoms with Crippen LogP contribution in [0.1, 0.15) is 11.4 Å². The van der Waals surface area contributed by atoms with Crippen LogP contribution in [0.3, 0.4) is 0 Å². The second kappa shape index (κ2) is 5.31. The number of aromatic nitrogens is 3. The molecular weight excluding hydrogens is 230 g/mol. The number of anilines is 1. The van der Waals surface area contributed by atoms with Gasteiger partial charge in [0.15, 0.2) is 0 Å². The van der Waals surface area contributed by atoms with Gasteiger partial charge in [0.1, 0.15) is 12.2 Å². The van der Waals surface area contributed by atoms with Gasteiger partial charge in [-0.05, 0) is 17.7 Å². The molecule has 0 bridgehead atoms. The van der Waals surface area contributed by atoms with Crippen molar-refractivity contribution in [2.45, 2.75) is 13.0 Å². The van der Waals surface area contributed by atoms with E-state index >= 15 is 0 Å². The lowest BCUT2D eigenvalue weighted by molar-refractivity contribution is -0.129. The van der Waals surface area contributed by atoms with Gasteiger partial charge in [-0.3, -0.25) is 9.89 Å². The Labute approximate surface area is 105 Å². The van der Waals surface area contributed by atoms with Crippen LogP contribution in [0, 0.1) is 0 Å². The van der Waals surface area contributed by atoms with Gasteiger partial charge in [-0.2, -0.15) is 5.10 Å². The van der Waals surface area contributed by atoms with Gasteiger partial charge in [-0.25, -0.2) is 4.98 Å². The molecule has 0 atom stereocenters. The number of nitrogen functional groups attached to an aromatic ring is 1. The molecule has 1 heterocycles. The van der Waals surface area contributed by atoms with Crippen molar-refractivity contribution >= 4 is 11.6 Å². The molecule has 0 spiro atoms. The summed E-state index contributed by atoms with van der Waals surface area (Å²) in [4.78, 5) is 17.5. The van der Waals surface area contributed by atoms with Crippen molar-refractivity contribution in [1.29, 1.82) is 0 Å². The number of likely N-dealkylation sites (N-methyl/N-ethyl adjacent to an activating group) is 1. The molecule has 6 nitrogen and oxygen atoms in total. The minimum absolute atomic E-state index is 0.0242. The normalized spacial score (nSPS) is 10.3. The lowest BCUT2D eigenvalue weighted by Crippen LogP contribution is -2.28. The number of nitrogens with two attached hydrogens (primary N) is 1. The van der Waals surface area contributed by atoms with E-state index in [9.17, 15) is 4.79 Å². The van der Waals surface area contributed by atoms with Crippen molar-refractivity contribution in [3.05, 3.63) is 42.0 Å². The lowest BCUT2D eigenvalue weighted by Gasteiger charge is -2.15. The van der Waals surface area contributed by atoms with E-state index in [2.05, 4.69) is 15.2 Å². The predicted octanol–water partition coefficient (Wildman–Crippen LogP) is 0.588. The van der Waals surface area contributed by atoms with Crippen molar-refractivity contribution in [2.75, 3.05) is 12.8 Å². The number of nitrogens with one attached hydrogen (secondary N) is 1. The summed E-state index contributed by atoms with van der Waals surface area (Å²) < 4.78 is 0. The third-order valence-corrected chi connectivity index (χ3v) is 2.61. The predicted molar refractivity (Wildman–Crippen MR) is 67.4 cm³/mol. The summed E-state index contributed by atoms with van der Waals surface area (Å²) in [7, 11) is 1.74. The summed E-state index contributed by atoms with van der Waals surface area (Å²) in [6.07, 6.45) is 1.78. The van der Waals surface area contributed by atoms with E-state index in [0.717, 1.165) is 5.56 Å². The molecule has 0 fully saturated rings. The van der Waals surface area contributed by atoms with Crippen LogP contribution in [0.2, 0.25) is 0 Å². The van der Waals surface area contributed by atoms with E-state index in [-0.39, 0.29) is 5.91 Å². The highest BCUT2D eigenvalue weighted by Gasteiger charge is 2.11. The maximum Gasteiger partial charge on any atom is 0.227 e. The number of carbonyl (C=O) groups is 1. The van der Waals surface area contributed by atoms with Gasteiger partial charge in [-0.15, -0.1) is 0 Å². The molecule has 0 aliphatic carbocycles. The van der Waals surface area contributed by atoms with E-state index in [1.54, 1.807) is 24.1 Å². The Bertz CT molecular complexity index is 506. The largest absolute Gasteiger partial charge is 0.399 e. The van der Waals surface area contributed by atoms with Crippen LogP contribution in [0.5, 0.6) is 0 Å². The van der Waals surface area contributed by atoms with Gasteiger partial charge < -0.3 is 10.6 Å². The fourth-order valence-corrected chi connectivity index (χ4v) is 1.56. The first-order chi connectivity index (χ1) is 8.65. The third-order valence-electron chi connectivity index (χ3n) is 2.61. The molecule has 0 unspecified atom stereocenters. The number of rotatable bonds is 4. The molecule has 1 aromatic heterocycles. The quantitative estimate of drug-likeness (QED) is 0.771. The number of carbonyl (C=O) groups excluding carboxylic acids is 1. The second-order valence-corrected chi connectivity index (χ2v) is 4.10. The number of amides is 1. The van der Waals surface area contributed by atoms with E-state index in [4.69, 9.17) is 5.73 Å². The van der Waals surface area contributed by atoms with Crippen LogP contribution >= 0.6 is 0 Å². The summed E-state index contributed by atoms with van der Waals surface area (Å²) in [5.41, 5.74) is 7.23. The standard InChI is InChI=1S/C12H15N5O/c1-17(7-11-14-8-15-16-11)12(18)6-9-2-4-10(13)5-3-9/h2-5,8H,6-7,13H2,1H3,(H,14,15,16). The minimum Gasteiger partial charge on any atom is -0.399 e. The Morgan fingerprint density at radius 3 is 2.72 bits per heavy atom. The lowest BCUT2D eigenvalue weighted by atomic mass is 10.1. The zero-order valence-electron chi connectivity index (χ0n) is 10.1. The number of aromatic amines is 1. The Balaban J connectivity index is 1.93.